The molecule has 0 saturated carbocycles. The Hall–Kier alpha value is -1.79. The molecule has 138 valence electrons. The van der Waals surface area contributed by atoms with Gasteiger partial charge in [-0.1, -0.05) is 6.07 Å². The number of rotatable bonds is 4. The van der Waals surface area contributed by atoms with Gasteiger partial charge in [0.25, 0.3) is 0 Å². The fraction of sp³-hybridized carbons (Fsp3) is 0.632. The third-order valence-electron chi connectivity index (χ3n) is 5.10. The van der Waals surface area contributed by atoms with Crippen LogP contribution in [0.4, 0.5) is 4.79 Å². The van der Waals surface area contributed by atoms with Crippen molar-refractivity contribution < 1.29 is 14.3 Å². The second-order valence-electron chi connectivity index (χ2n) is 6.84. The Bertz CT molecular complexity index is 614. The number of nitrogens with one attached hydrogen (secondary N) is 1. The van der Waals surface area contributed by atoms with Crippen LogP contribution in [-0.2, 0) is 24.2 Å². The summed E-state index contributed by atoms with van der Waals surface area (Å²) in [6.45, 7) is 10.0. The molecule has 1 atom stereocenters. The van der Waals surface area contributed by atoms with Crippen molar-refractivity contribution in [1.82, 2.24) is 15.1 Å². The van der Waals surface area contributed by atoms with Gasteiger partial charge in [-0.15, -0.1) is 0 Å². The minimum atomic E-state index is -0.232. The third-order valence-corrected chi connectivity index (χ3v) is 5.10. The molecule has 3 rings (SSSR count). The molecule has 1 amide bonds. The van der Waals surface area contributed by atoms with E-state index in [0.717, 1.165) is 50.5 Å². The summed E-state index contributed by atoms with van der Waals surface area (Å²) < 4.78 is 10.8. The van der Waals surface area contributed by atoms with Crippen molar-refractivity contribution in [2.24, 2.45) is 0 Å². The summed E-state index contributed by atoms with van der Waals surface area (Å²) in [7, 11) is 1.72. The maximum Gasteiger partial charge on any atom is 0.410 e. The Morgan fingerprint density at radius 3 is 2.72 bits per heavy atom. The monoisotopic (exact) mass is 347 g/mol. The Kier molecular flexibility index (Phi) is 5.81. The highest BCUT2D eigenvalue weighted by Gasteiger charge is 2.29. The number of methoxy groups -OCH3 is 1. The first-order chi connectivity index (χ1) is 12.1. The lowest BCUT2D eigenvalue weighted by Crippen LogP contribution is -2.43. The SMILES string of the molecule is CCOC(=O)N1Cc2cc(OC)c(CN3CCNCC3)cc2CC1C. The highest BCUT2D eigenvalue weighted by Crippen LogP contribution is 2.31. The summed E-state index contributed by atoms with van der Waals surface area (Å²) in [4.78, 5) is 16.4. The highest BCUT2D eigenvalue weighted by molar-refractivity contribution is 5.68. The van der Waals surface area contributed by atoms with Crippen molar-refractivity contribution in [3.05, 3.63) is 28.8 Å². The average molecular weight is 347 g/mol. The van der Waals surface area contributed by atoms with E-state index in [1.807, 2.05) is 6.92 Å². The molecule has 0 aromatic heterocycles. The van der Waals surface area contributed by atoms with Gasteiger partial charge in [0, 0.05) is 50.9 Å². The van der Waals surface area contributed by atoms with Gasteiger partial charge >= 0.3 is 6.09 Å². The number of amides is 1. The fourth-order valence-electron chi connectivity index (χ4n) is 3.70. The molecular weight excluding hydrogens is 318 g/mol. The van der Waals surface area contributed by atoms with E-state index >= 15 is 0 Å². The van der Waals surface area contributed by atoms with Crippen LogP contribution in [0.2, 0.25) is 0 Å². The van der Waals surface area contributed by atoms with E-state index in [4.69, 9.17) is 9.47 Å². The molecule has 25 heavy (non-hydrogen) atoms. The van der Waals surface area contributed by atoms with Gasteiger partial charge in [-0.25, -0.2) is 4.79 Å². The van der Waals surface area contributed by atoms with Gasteiger partial charge in [0.2, 0.25) is 0 Å². The molecule has 1 saturated heterocycles. The van der Waals surface area contributed by atoms with Crippen LogP contribution in [0.25, 0.3) is 0 Å². The number of hydrogen-bond acceptors (Lipinski definition) is 5. The number of fused-ring (bicyclic) bond motifs is 1. The second-order valence-corrected chi connectivity index (χ2v) is 6.84. The normalized spacial score (nSPS) is 20.9. The largest absolute Gasteiger partial charge is 0.496 e. The van der Waals surface area contributed by atoms with E-state index in [9.17, 15) is 4.79 Å². The van der Waals surface area contributed by atoms with Crippen LogP contribution in [0.5, 0.6) is 5.75 Å². The zero-order valence-corrected chi connectivity index (χ0v) is 15.5. The molecule has 2 aliphatic rings. The van der Waals surface area contributed by atoms with Crippen molar-refractivity contribution in [3.8, 4) is 5.75 Å². The quantitative estimate of drug-likeness (QED) is 0.903. The Morgan fingerprint density at radius 2 is 2.04 bits per heavy atom. The molecule has 0 bridgehead atoms. The standard InChI is InChI=1S/C19H29N3O3/c1-4-25-19(23)22-13-16-11-18(24-3)17(10-15(16)9-14(22)2)12-21-7-5-20-6-8-21/h10-11,14,20H,4-9,12-13H2,1-3H3. The molecule has 1 fully saturated rings. The van der Waals surface area contributed by atoms with Gasteiger partial charge in [0.15, 0.2) is 0 Å². The highest BCUT2D eigenvalue weighted by atomic mass is 16.6. The van der Waals surface area contributed by atoms with Crippen LogP contribution in [0, 0.1) is 0 Å². The van der Waals surface area contributed by atoms with Crippen LogP contribution in [0.1, 0.15) is 30.5 Å². The number of benzene rings is 1. The molecule has 1 aromatic rings. The van der Waals surface area contributed by atoms with E-state index < -0.39 is 0 Å². The van der Waals surface area contributed by atoms with Crippen LogP contribution < -0.4 is 10.1 Å². The molecule has 0 spiro atoms. The predicted octanol–water partition coefficient (Wildman–Crippen LogP) is 2.00. The summed E-state index contributed by atoms with van der Waals surface area (Å²) >= 11 is 0. The van der Waals surface area contributed by atoms with Crippen LogP contribution in [0.3, 0.4) is 0 Å². The van der Waals surface area contributed by atoms with Gasteiger partial charge in [0.1, 0.15) is 5.75 Å². The number of piperazine rings is 1. The topological polar surface area (TPSA) is 54.0 Å². The lowest BCUT2D eigenvalue weighted by molar-refractivity contribution is 0.0861. The molecule has 2 aliphatic heterocycles. The summed E-state index contributed by atoms with van der Waals surface area (Å²) in [5.74, 6) is 0.913. The third kappa shape index (κ3) is 4.07. The Labute approximate surface area is 150 Å². The lowest BCUT2D eigenvalue weighted by atomic mass is 9.92. The number of ether oxygens (including phenoxy) is 2. The molecular formula is C19H29N3O3. The Balaban J connectivity index is 1.81. The molecule has 0 aliphatic carbocycles. The molecule has 0 radical (unpaired) electrons. The fourth-order valence-corrected chi connectivity index (χ4v) is 3.70. The smallest absolute Gasteiger partial charge is 0.410 e. The van der Waals surface area contributed by atoms with Crippen molar-refractivity contribution in [3.63, 3.8) is 0 Å². The molecule has 6 heteroatoms. The number of nitrogens with zero attached hydrogens (tertiary/aromatic N) is 2. The van der Waals surface area contributed by atoms with Crippen molar-refractivity contribution >= 4 is 6.09 Å². The van der Waals surface area contributed by atoms with Gasteiger partial charge in [-0.05, 0) is 37.5 Å². The summed E-state index contributed by atoms with van der Waals surface area (Å²) in [5, 5.41) is 3.39. The van der Waals surface area contributed by atoms with Gasteiger partial charge in [-0.3, -0.25) is 4.90 Å². The van der Waals surface area contributed by atoms with Crippen LogP contribution >= 0.6 is 0 Å². The predicted molar refractivity (Wildman–Crippen MR) is 96.9 cm³/mol. The summed E-state index contributed by atoms with van der Waals surface area (Å²) in [5.41, 5.74) is 3.71. The van der Waals surface area contributed by atoms with Gasteiger partial charge in [-0.2, -0.15) is 0 Å². The first-order valence-electron chi connectivity index (χ1n) is 9.17. The average Bonchev–Trinajstić information content (AvgIpc) is 2.61. The maximum absolute atomic E-state index is 12.2. The zero-order valence-electron chi connectivity index (χ0n) is 15.5. The van der Waals surface area contributed by atoms with Crippen LogP contribution in [-0.4, -0.2) is 61.8 Å². The second kappa shape index (κ2) is 8.06. The molecule has 6 nitrogen and oxygen atoms in total. The van der Waals surface area contributed by atoms with Crippen LogP contribution in [0.15, 0.2) is 12.1 Å². The van der Waals surface area contributed by atoms with E-state index in [1.54, 1.807) is 12.0 Å². The molecule has 1 aromatic carbocycles. The van der Waals surface area contributed by atoms with Gasteiger partial charge in [0.05, 0.1) is 13.7 Å². The van der Waals surface area contributed by atoms with E-state index in [-0.39, 0.29) is 12.1 Å². The minimum Gasteiger partial charge on any atom is -0.496 e. The van der Waals surface area contributed by atoms with Gasteiger partial charge < -0.3 is 19.7 Å². The minimum absolute atomic E-state index is 0.145. The van der Waals surface area contributed by atoms with Crippen molar-refractivity contribution in [1.29, 1.82) is 0 Å². The number of carbonyl (C=O) groups excluding carboxylic acids is 1. The maximum atomic E-state index is 12.2. The van der Waals surface area contributed by atoms with Crippen molar-refractivity contribution in [2.75, 3.05) is 39.9 Å². The van der Waals surface area contributed by atoms with E-state index in [1.165, 1.54) is 11.1 Å². The lowest BCUT2D eigenvalue weighted by Gasteiger charge is -2.35. The molecule has 2 heterocycles. The first-order valence-corrected chi connectivity index (χ1v) is 9.17. The molecule has 1 unspecified atom stereocenters. The van der Waals surface area contributed by atoms with Crippen molar-refractivity contribution in [2.45, 2.75) is 39.4 Å². The zero-order chi connectivity index (χ0) is 17.8. The number of hydrogen-bond donors (Lipinski definition) is 1. The Morgan fingerprint density at radius 1 is 1.28 bits per heavy atom. The summed E-state index contributed by atoms with van der Waals surface area (Å²) in [6.07, 6.45) is 0.622. The first kappa shape index (κ1) is 18.0. The number of carbonyl (C=O) groups is 1. The van der Waals surface area contributed by atoms with E-state index in [0.29, 0.717) is 13.2 Å². The van der Waals surface area contributed by atoms with E-state index in [2.05, 4.69) is 29.3 Å². The summed E-state index contributed by atoms with van der Waals surface area (Å²) in [6, 6.07) is 4.52. The molecule has 1 N–H and O–H groups in total.